The Labute approximate surface area is 77.3 Å². The van der Waals surface area contributed by atoms with Crippen LogP contribution in [0.3, 0.4) is 0 Å². The van der Waals surface area contributed by atoms with Crippen molar-refractivity contribution in [3.63, 3.8) is 0 Å². The van der Waals surface area contributed by atoms with Crippen molar-refractivity contribution in [3.05, 3.63) is 0 Å². The molecule has 4 heteroatoms. The van der Waals surface area contributed by atoms with Gasteiger partial charge in [-0.15, -0.1) is 11.6 Å². The second kappa shape index (κ2) is 7.37. The SMILES string of the molecule is O=C(O)CC(O)CCCCCCl. The van der Waals surface area contributed by atoms with Crippen LogP contribution in [0.5, 0.6) is 0 Å². The fraction of sp³-hybridized carbons (Fsp3) is 0.875. The Kier molecular flexibility index (Phi) is 7.20. The van der Waals surface area contributed by atoms with Crippen LogP contribution in [0.4, 0.5) is 0 Å². The van der Waals surface area contributed by atoms with Gasteiger partial charge in [-0.2, -0.15) is 0 Å². The second-order valence-corrected chi connectivity index (χ2v) is 3.17. The number of rotatable bonds is 7. The molecule has 1 atom stereocenters. The summed E-state index contributed by atoms with van der Waals surface area (Å²) in [4.78, 5) is 10.1. The van der Waals surface area contributed by atoms with Gasteiger partial charge in [0.25, 0.3) is 0 Å². The lowest BCUT2D eigenvalue weighted by atomic mass is 10.1. The summed E-state index contributed by atoms with van der Waals surface area (Å²) in [6.07, 6.45) is 2.45. The number of carboxylic acids is 1. The minimum atomic E-state index is -0.945. The van der Waals surface area contributed by atoms with Gasteiger partial charge in [0.05, 0.1) is 12.5 Å². The van der Waals surface area contributed by atoms with Crippen molar-refractivity contribution in [3.8, 4) is 0 Å². The van der Waals surface area contributed by atoms with Crippen LogP contribution in [0.2, 0.25) is 0 Å². The molecule has 0 heterocycles. The molecule has 0 aliphatic carbocycles. The highest BCUT2D eigenvalue weighted by atomic mass is 35.5. The Balaban J connectivity index is 3.19. The molecule has 0 aromatic carbocycles. The lowest BCUT2D eigenvalue weighted by Crippen LogP contribution is -2.12. The molecule has 0 aromatic rings. The van der Waals surface area contributed by atoms with Crippen LogP contribution in [0.25, 0.3) is 0 Å². The summed E-state index contributed by atoms with van der Waals surface area (Å²) in [5, 5.41) is 17.4. The molecule has 3 nitrogen and oxygen atoms in total. The number of hydrogen-bond acceptors (Lipinski definition) is 2. The van der Waals surface area contributed by atoms with Crippen molar-refractivity contribution in [2.45, 2.75) is 38.2 Å². The number of aliphatic hydroxyl groups is 1. The monoisotopic (exact) mass is 194 g/mol. The number of aliphatic carboxylic acids is 1. The maximum absolute atomic E-state index is 10.1. The van der Waals surface area contributed by atoms with Crippen LogP contribution in [0, 0.1) is 0 Å². The minimum absolute atomic E-state index is 0.152. The number of hydrogen-bond donors (Lipinski definition) is 2. The van der Waals surface area contributed by atoms with Crippen molar-refractivity contribution in [2.75, 3.05) is 5.88 Å². The zero-order valence-electron chi connectivity index (χ0n) is 7.00. The van der Waals surface area contributed by atoms with Crippen molar-refractivity contribution in [2.24, 2.45) is 0 Å². The first-order chi connectivity index (χ1) is 5.66. The standard InChI is InChI=1S/C8H15ClO3/c9-5-3-1-2-4-7(10)6-8(11)12/h7,10H,1-6H2,(H,11,12). The smallest absolute Gasteiger partial charge is 0.305 e. The molecule has 0 amide bonds. The predicted octanol–water partition coefficient (Wildman–Crippen LogP) is 1.62. The van der Waals surface area contributed by atoms with Gasteiger partial charge in [-0.1, -0.05) is 12.8 Å². The van der Waals surface area contributed by atoms with E-state index in [1.54, 1.807) is 0 Å². The third kappa shape index (κ3) is 7.82. The van der Waals surface area contributed by atoms with E-state index in [0.717, 1.165) is 19.3 Å². The number of carboxylic acid groups (broad SMARTS) is 1. The van der Waals surface area contributed by atoms with Crippen LogP contribution in [0.1, 0.15) is 32.1 Å². The number of aliphatic hydroxyl groups excluding tert-OH is 1. The van der Waals surface area contributed by atoms with Crippen molar-refractivity contribution < 1.29 is 15.0 Å². The molecule has 0 radical (unpaired) electrons. The molecule has 0 saturated carbocycles. The van der Waals surface area contributed by atoms with Crippen LogP contribution < -0.4 is 0 Å². The lowest BCUT2D eigenvalue weighted by molar-refractivity contribution is -0.139. The van der Waals surface area contributed by atoms with Gasteiger partial charge in [0.2, 0.25) is 0 Å². The summed E-state index contributed by atoms with van der Waals surface area (Å²) >= 11 is 5.44. The molecule has 12 heavy (non-hydrogen) atoms. The lowest BCUT2D eigenvalue weighted by Gasteiger charge is -2.06. The molecular formula is C8H15ClO3. The average Bonchev–Trinajstić information content (AvgIpc) is 1.97. The summed E-state index contributed by atoms with van der Waals surface area (Å²) < 4.78 is 0. The molecular weight excluding hydrogens is 180 g/mol. The van der Waals surface area contributed by atoms with Crippen molar-refractivity contribution in [1.82, 2.24) is 0 Å². The fourth-order valence-electron chi connectivity index (χ4n) is 0.955. The molecule has 0 rings (SSSR count). The van der Waals surface area contributed by atoms with Gasteiger partial charge in [-0.25, -0.2) is 0 Å². The number of halogens is 1. The molecule has 0 aliphatic rings. The number of alkyl halides is 1. The Bertz CT molecular complexity index is 127. The van der Waals surface area contributed by atoms with Gasteiger partial charge in [0.1, 0.15) is 0 Å². The first kappa shape index (κ1) is 11.7. The van der Waals surface area contributed by atoms with E-state index in [1.807, 2.05) is 0 Å². The molecule has 1 unspecified atom stereocenters. The van der Waals surface area contributed by atoms with E-state index in [2.05, 4.69) is 0 Å². The van der Waals surface area contributed by atoms with Gasteiger partial charge < -0.3 is 10.2 Å². The van der Waals surface area contributed by atoms with Crippen LogP contribution in [0.15, 0.2) is 0 Å². The molecule has 0 bridgehead atoms. The van der Waals surface area contributed by atoms with E-state index >= 15 is 0 Å². The Hall–Kier alpha value is -0.280. The maximum atomic E-state index is 10.1. The van der Waals surface area contributed by atoms with Crippen LogP contribution in [-0.2, 0) is 4.79 Å². The Morgan fingerprint density at radius 2 is 2.00 bits per heavy atom. The summed E-state index contributed by atoms with van der Waals surface area (Å²) in [5.74, 6) is -0.311. The van der Waals surface area contributed by atoms with Gasteiger partial charge in [-0.3, -0.25) is 4.79 Å². The normalized spacial score (nSPS) is 12.8. The average molecular weight is 195 g/mol. The minimum Gasteiger partial charge on any atom is -0.481 e. The number of carbonyl (C=O) groups is 1. The topological polar surface area (TPSA) is 57.5 Å². The number of unbranched alkanes of at least 4 members (excludes halogenated alkanes) is 2. The van der Waals surface area contributed by atoms with Crippen molar-refractivity contribution in [1.29, 1.82) is 0 Å². The molecule has 0 aliphatic heterocycles. The Morgan fingerprint density at radius 3 is 2.50 bits per heavy atom. The third-order valence-electron chi connectivity index (χ3n) is 1.58. The fourth-order valence-corrected chi connectivity index (χ4v) is 1.14. The van der Waals surface area contributed by atoms with Crippen LogP contribution >= 0.6 is 11.6 Å². The maximum Gasteiger partial charge on any atom is 0.305 e. The van der Waals surface area contributed by atoms with E-state index in [4.69, 9.17) is 21.8 Å². The van der Waals surface area contributed by atoms with E-state index in [9.17, 15) is 4.79 Å². The summed E-state index contributed by atoms with van der Waals surface area (Å²) in [7, 11) is 0. The zero-order valence-corrected chi connectivity index (χ0v) is 7.76. The van der Waals surface area contributed by atoms with Crippen LogP contribution in [-0.4, -0.2) is 28.2 Å². The van der Waals surface area contributed by atoms with E-state index in [1.165, 1.54) is 0 Å². The summed E-state index contributed by atoms with van der Waals surface area (Å²) in [5.41, 5.74) is 0. The predicted molar refractivity (Wildman–Crippen MR) is 47.4 cm³/mol. The molecule has 2 N–H and O–H groups in total. The zero-order chi connectivity index (χ0) is 9.40. The van der Waals surface area contributed by atoms with Gasteiger partial charge in [-0.05, 0) is 12.8 Å². The van der Waals surface area contributed by atoms with Gasteiger partial charge in [0.15, 0.2) is 0 Å². The summed E-state index contributed by atoms with van der Waals surface area (Å²) in [6.45, 7) is 0. The molecule has 0 fully saturated rings. The molecule has 72 valence electrons. The van der Waals surface area contributed by atoms with E-state index in [-0.39, 0.29) is 6.42 Å². The highest BCUT2D eigenvalue weighted by molar-refractivity contribution is 6.17. The summed E-state index contributed by atoms with van der Waals surface area (Å²) in [6, 6.07) is 0. The second-order valence-electron chi connectivity index (χ2n) is 2.79. The molecule has 0 spiro atoms. The first-order valence-corrected chi connectivity index (χ1v) is 4.66. The quantitative estimate of drug-likeness (QED) is 0.478. The van der Waals surface area contributed by atoms with Gasteiger partial charge in [0, 0.05) is 5.88 Å². The highest BCUT2D eigenvalue weighted by Crippen LogP contribution is 2.06. The van der Waals surface area contributed by atoms with Gasteiger partial charge >= 0.3 is 5.97 Å². The van der Waals surface area contributed by atoms with Crippen molar-refractivity contribution >= 4 is 17.6 Å². The first-order valence-electron chi connectivity index (χ1n) is 4.12. The van der Waals surface area contributed by atoms with E-state index in [0.29, 0.717) is 12.3 Å². The third-order valence-corrected chi connectivity index (χ3v) is 1.85. The van der Waals surface area contributed by atoms with E-state index < -0.39 is 12.1 Å². The highest BCUT2D eigenvalue weighted by Gasteiger charge is 2.07. The Morgan fingerprint density at radius 1 is 1.33 bits per heavy atom. The molecule has 0 aromatic heterocycles. The molecule has 0 saturated heterocycles. The largest absolute Gasteiger partial charge is 0.481 e.